The summed E-state index contributed by atoms with van der Waals surface area (Å²) in [6.45, 7) is 1.17. The van der Waals surface area contributed by atoms with Gasteiger partial charge in [0.25, 0.3) is 0 Å². The van der Waals surface area contributed by atoms with E-state index in [0.29, 0.717) is 18.1 Å². The van der Waals surface area contributed by atoms with Crippen LogP contribution in [0.2, 0.25) is 10.0 Å². The van der Waals surface area contributed by atoms with Crippen LogP contribution in [-0.4, -0.2) is 54.7 Å². The van der Waals surface area contributed by atoms with Crippen molar-refractivity contribution >= 4 is 50.0 Å². The fourth-order valence-electron chi connectivity index (χ4n) is 3.52. The summed E-state index contributed by atoms with van der Waals surface area (Å²) in [5.41, 5.74) is 1.93. The Hall–Kier alpha value is -2.06. The molecule has 0 unspecified atom stereocenters. The predicted octanol–water partition coefficient (Wildman–Crippen LogP) is 3.55. The average molecular weight is 452 g/mol. The fraction of sp³-hybridized carbons (Fsp3) is 0.250. The zero-order chi connectivity index (χ0) is 20.6. The third-order valence-corrected chi connectivity index (χ3v) is 7.77. The van der Waals surface area contributed by atoms with E-state index in [4.69, 9.17) is 23.2 Å². The number of hydrogen-bond donors (Lipinski definition) is 1. The summed E-state index contributed by atoms with van der Waals surface area (Å²) in [4.78, 5) is 17.7. The van der Waals surface area contributed by atoms with Crippen LogP contribution in [-0.2, 0) is 21.2 Å². The number of H-pyrrole nitrogens is 1. The molecular formula is C20H19Cl2N3O3S. The van der Waals surface area contributed by atoms with E-state index < -0.39 is 10.0 Å². The summed E-state index contributed by atoms with van der Waals surface area (Å²) in [5, 5.41) is 1.53. The molecule has 0 saturated carbocycles. The summed E-state index contributed by atoms with van der Waals surface area (Å²) in [6, 6.07) is 12.1. The maximum Gasteiger partial charge on any atom is 0.243 e. The first-order chi connectivity index (χ1) is 13.9. The molecule has 3 aromatic rings. The third kappa shape index (κ3) is 4.00. The van der Waals surface area contributed by atoms with Crippen LogP contribution in [0.5, 0.6) is 0 Å². The smallest absolute Gasteiger partial charge is 0.243 e. The standard InChI is InChI=1S/C20H19Cl2N3O3S/c21-17-6-5-15(12-18(17)22)29(27,28)25-9-7-24(8-10-25)20(26)11-14-13-23-19-4-2-1-3-16(14)19/h1-6,12-13,23H,7-11H2. The van der Waals surface area contributed by atoms with Crippen LogP contribution in [0.15, 0.2) is 53.6 Å². The van der Waals surface area contributed by atoms with E-state index in [1.54, 1.807) is 4.90 Å². The molecule has 0 radical (unpaired) electrons. The molecule has 6 nitrogen and oxygen atoms in total. The van der Waals surface area contributed by atoms with Crippen molar-refractivity contribution in [3.05, 3.63) is 64.3 Å². The van der Waals surface area contributed by atoms with E-state index in [2.05, 4.69) is 4.98 Å². The summed E-state index contributed by atoms with van der Waals surface area (Å²) >= 11 is 11.8. The van der Waals surface area contributed by atoms with E-state index in [9.17, 15) is 13.2 Å². The molecule has 1 N–H and O–H groups in total. The Bertz CT molecular complexity index is 1170. The number of amides is 1. The summed E-state index contributed by atoms with van der Waals surface area (Å²) in [6.07, 6.45) is 2.14. The lowest BCUT2D eigenvalue weighted by molar-refractivity contribution is -0.131. The van der Waals surface area contributed by atoms with Crippen molar-refractivity contribution in [2.45, 2.75) is 11.3 Å². The number of carbonyl (C=O) groups is 1. The lowest BCUT2D eigenvalue weighted by atomic mass is 10.1. The lowest BCUT2D eigenvalue weighted by Gasteiger charge is -2.34. The number of halogens is 2. The van der Waals surface area contributed by atoms with Crippen molar-refractivity contribution in [2.24, 2.45) is 0 Å². The summed E-state index contributed by atoms with van der Waals surface area (Å²) in [7, 11) is -3.68. The molecule has 1 aliphatic rings. The van der Waals surface area contributed by atoms with Gasteiger partial charge in [-0.05, 0) is 29.8 Å². The van der Waals surface area contributed by atoms with Gasteiger partial charge in [0.15, 0.2) is 0 Å². The molecule has 1 saturated heterocycles. The molecule has 1 aliphatic heterocycles. The Balaban J connectivity index is 1.42. The zero-order valence-corrected chi connectivity index (χ0v) is 17.8. The highest BCUT2D eigenvalue weighted by atomic mass is 35.5. The highest BCUT2D eigenvalue weighted by Crippen LogP contribution is 2.27. The number of sulfonamides is 1. The first-order valence-electron chi connectivity index (χ1n) is 9.14. The number of nitrogens with one attached hydrogen (secondary N) is 1. The van der Waals surface area contributed by atoms with Crippen molar-refractivity contribution in [3.63, 3.8) is 0 Å². The Morgan fingerprint density at radius 3 is 2.45 bits per heavy atom. The molecule has 1 amide bonds. The van der Waals surface area contributed by atoms with Crippen LogP contribution in [0.1, 0.15) is 5.56 Å². The van der Waals surface area contributed by atoms with Gasteiger partial charge in [0.2, 0.25) is 15.9 Å². The van der Waals surface area contributed by atoms with Crippen molar-refractivity contribution in [1.82, 2.24) is 14.2 Å². The Labute approximate surface area is 179 Å². The topological polar surface area (TPSA) is 73.5 Å². The number of fused-ring (bicyclic) bond motifs is 1. The number of aromatic nitrogens is 1. The molecule has 152 valence electrons. The molecule has 0 spiro atoms. The van der Waals surface area contributed by atoms with Gasteiger partial charge in [0.1, 0.15) is 0 Å². The van der Waals surface area contributed by atoms with E-state index in [1.807, 2.05) is 30.5 Å². The molecule has 2 heterocycles. The second-order valence-corrected chi connectivity index (χ2v) is 9.65. The van der Waals surface area contributed by atoms with Gasteiger partial charge < -0.3 is 9.88 Å². The minimum Gasteiger partial charge on any atom is -0.361 e. The van der Waals surface area contributed by atoms with Crippen LogP contribution < -0.4 is 0 Å². The maximum absolute atomic E-state index is 12.8. The summed E-state index contributed by atoms with van der Waals surface area (Å²) in [5.74, 6) is -0.0126. The molecule has 9 heteroatoms. The molecule has 2 aromatic carbocycles. The van der Waals surface area contributed by atoms with E-state index in [1.165, 1.54) is 22.5 Å². The third-order valence-electron chi connectivity index (χ3n) is 5.14. The number of hydrogen-bond acceptors (Lipinski definition) is 3. The van der Waals surface area contributed by atoms with Gasteiger partial charge in [0.05, 0.1) is 21.4 Å². The maximum atomic E-state index is 12.8. The highest BCUT2D eigenvalue weighted by Gasteiger charge is 2.30. The number of piperazine rings is 1. The van der Waals surface area contributed by atoms with Crippen molar-refractivity contribution in [1.29, 1.82) is 0 Å². The fourth-order valence-corrected chi connectivity index (χ4v) is 5.33. The number of carbonyl (C=O) groups excluding carboxylic acids is 1. The molecule has 29 heavy (non-hydrogen) atoms. The normalized spacial score (nSPS) is 15.7. The average Bonchev–Trinajstić information content (AvgIpc) is 3.13. The van der Waals surface area contributed by atoms with Gasteiger partial charge in [-0.15, -0.1) is 0 Å². The van der Waals surface area contributed by atoms with Crippen LogP contribution >= 0.6 is 23.2 Å². The SMILES string of the molecule is O=C(Cc1c[nH]c2ccccc12)N1CCN(S(=O)(=O)c2ccc(Cl)c(Cl)c2)CC1. The zero-order valence-electron chi connectivity index (χ0n) is 15.4. The molecule has 4 rings (SSSR count). The largest absolute Gasteiger partial charge is 0.361 e. The highest BCUT2D eigenvalue weighted by molar-refractivity contribution is 7.89. The predicted molar refractivity (Wildman–Crippen MR) is 114 cm³/mol. The molecule has 0 bridgehead atoms. The van der Waals surface area contributed by atoms with Crippen LogP contribution in [0.4, 0.5) is 0 Å². The molecule has 1 aromatic heterocycles. The van der Waals surface area contributed by atoms with E-state index in [0.717, 1.165) is 16.5 Å². The van der Waals surface area contributed by atoms with Gasteiger partial charge >= 0.3 is 0 Å². The first-order valence-corrected chi connectivity index (χ1v) is 11.3. The molecule has 0 aliphatic carbocycles. The van der Waals surface area contributed by atoms with Crippen LogP contribution in [0.25, 0.3) is 10.9 Å². The van der Waals surface area contributed by atoms with Gasteiger partial charge in [-0.1, -0.05) is 41.4 Å². The lowest BCUT2D eigenvalue weighted by Crippen LogP contribution is -2.50. The minimum absolute atomic E-state index is 0.0126. The van der Waals surface area contributed by atoms with Gasteiger partial charge in [-0.25, -0.2) is 8.42 Å². The van der Waals surface area contributed by atoms with Gasteiger partial charge in [-0.2, -0.15) is 4.31 Å². The number of aromatic amines is 1. The minimum atomic E-state index is -3.68. The Morgan fingerprint density at radius 2 is 1.72 bits per heavy atom. The monoisotopic (exact) mass is 451 g/mol. The quantitative estimate of drug-likeness (QED) is 0.658. The second kappa shape index (κ2) is 7.99. The number of rotatable bonds is 4. The summed E-state index contributed by atoms with van der Waals surface area (Å²) < 4.78 is 27.1. The van der Waals surface area contributed by atoms with Gasteiger partial charge in [-0.3, -0.25) is 4.79 Å². The van der Waals surface area contributed by atoms with Crippen molar-refractivity contribution in [3.8, 4) is 0 Å². The molecule has 0 atom stereocenters. The van der Waals surface area contributed by atoms with Crippen molar-refractivity contribution in [2.75, 3.05) is 26.2 Å². The van der Waals surface area contributed by atoms with E-state index >= 15 is 0 Å². The molecular weight excluding hydrogens is 433 g/mol. The Kier molecular flexibility index (Phi) is 5.57. The number of nitrogens with zero attached hydrogens (tertiary/aromatic N) is 2. The second-order valence-electron chi connectivity index (χ2n) is 6.90. The first kappa shape index (κ1) is 20.2. The molecule has 1 fully saturated rings. The Morgan fingerprint density at radius 1 is 1.00 bits per heavy atom. The van der Waals surface area contributed by atoms with Crippen LogP contribution in [0, 0.1) is 0 Å². The van der Waals surface area contributed by atoms with E-state index in [-0.39, 0.29) is 35.3 Å². The number of para-hydroxylation sites is 1. The van der Waals surface area contributed by atoms with Gasteiger partial charge in [0, 0.05) is 43.3 Å². The number of benzene rings is 2. The van der Waals surface area contributed by atoms with Crippen LogP contribution in [0.3, 0.4) is 0 Å². The van der Waals surface area contributed by atoms with Crippen molar-refractivity contribution < 1.29 is 13.2 Å².